The normalized spacial score (nSPS) is 12.3. The van der Waals surface area contributed by atoms with E-state index in [0.29, 0.717) is 0 Å². The van der Waals surface area contributed by atoms with E-state index in [4.69, 9.17) is 4.42 Å². The number of anilines is 1. The maximum Gasteiger partial charge on any atom is 0.153 e. The lowest BCUT2D eigenvalue weighted by Gasteiger charge is -2.14. The van der Waals surface area contributed by atoms with Gasteiger partial charge in [0, 0.05) is 18.0 Å². The molecular weight excluding hydrogens is 264 g/mol. The number of nitrogens with one attached hydrogen (secondary N) is 1. The van der Waals surface area contributed by atoms with Crippen LogP contribution in [0.5, 0.6) is 0 Å². The fourth-order valence-electron chi connectivity index (χ4n) is 2.42. The van der Waals surface area contributed by atoms with E-state index in [1.165, 1.54) is 5.56 Å². The van der Waals surface area contributed by atoms with Gasteiger partial charge in [0.25, 0.3) is 0 Å². The molecule has 0 fully saturated rings. The maximum absolute atomic E-state index is 5.57. The highest BCUT2D eigenvalue weighted by Gasteiger charge is 2.12. The highest BCUT2D eigenvalue weighted by Crippen LogP contribution is 2.24. The number of pyridine rings is 1. The zero-order chi connectivity index (χ0) is 14.8. The van der Waals surface area contributed by atoms with E-state index < -0.39 is 0 Å². The van der Waals surface area contributed by atoms with E-state index in [1.807, 2.05) is 44.4 Å². The first-order valence-electron chi connectivity index (χ1n) is 6.93. The first-order valence-corrected chi connectivity index (χ1v) is 6.93. The van der Waals surface area contributed by atoms with Crippen LogP contribution in [0.25, 0.3) is 5.82 Å². The van der Waals surface area contributed by atoms with Crippen LogP contribution >= 0.6 is 0 Å². The average Bonchev–Trinajstić information content (AvgIpc) is 3.09. The molecule has 0 radical (unpaired) electrons. The summed E-state index contributed by atoms with van der Waals surface area (Å²) in [5.41, 5.74) is 2.14. The Kier molecular flexibility index (Phi) is 3.48. The molecule has 21 heavy (non-hydrogen) atoms. The Balaban J connectivity index is 1.74. The van der Waals surface area contributed by atoms with E-state index in [1.54, 1.807) is 10.9 Å². The Hall–Kier alpha value is -2.56. The van der Waals surface area contributed by atoms with Crippen molar-refractivity contribution in [2.75, 3.05) is 5.32 Å². The SMILES string of the molecule is Cc1cc(C(C)Nc2ccc(-n3cccn3)nc2)c(C)o1. The molecule has 0 bridgehead atoms. The first-order chi connectivity index (χ1) is 10.1. The monoisotopic (exact) mass is 282 g/mol. The maximum atomic E-state index is 5.57. The van der Waals surface area contributed by atoms with Gasteiger partial charge in [-0.3, -0.25) is 0 Å². The van der Waals surface area contributed by atoms with Gasteiger partial charge in [0.2, 0.25) is 0 Å². The lowest BCUT2D eigenvalue weighted by atomic mass is 10.1. The largest absolute Gasteiger partial charge is 0.466 e. The number of hydrogen-bond donors (Lipinski definition) is 1. The summed E-state index contributed by atoms with van der Waals surface area (Å²) in [5.74, 6) is 2.69. The number of rotatable bonds is 4. The van der Waals surface area contributed by atoms with Gasteiger partial charge in [-0.05, 0) is 45.0 Å². The van der Waals surface area contributed by atoms with Crippen molar-refractivity contribution >= 4 is 5.69 Å². The van der Waals surface area contributed by atoms with Gasteiger partial charge in [0.1, 0.15) is 11.5 Å². The van der Waals surface area contributed by atoms with Gasteiger partial charge in [-0.25, -0.2) is 9.67 Å². The van der Waals surface area contributed by atoms with Gasteiger partial charge in [-0.1, -0.05) is 0 Å². The second-order valence-corrected chi connectivity index (χ2v) is 5.09. The molecule has 3 heterocycles. The van der Waals surface area contributed by atoms with Gasteiger partial charge < -0.3 is 9.73 Å². The zero-order valence-corrected chi connectivity index (χ0v) is 12.4. The van der Waals surface area contributed by atoms with Gasteiger partial charge in [-0.15, -0.1) is 0 Å². The molecule has 3 aromatic rings. The van der Waals surface area contributed by atoms with Crippen molar-refractivity contribution in [1.29, 1.82) is 0 Å². The molecule has 5 heteroatoms. The number of hydrogen-bond acceptors (Lipinski definition) is 4. The number of nitrogens with zero attached hydrogens (tertiary/aromatic N) is 3. The predicted molar refractivity (Wildman–Crippen MR) is 81.6 cm³/mol. The fraction of sp³-hybridized carbons (Fsp3) is 0.250. The van der Waals surface area contributed by atoms with Crippen LogP contribution in [0.2, 0.25) is 0 Å². The van der Waals surface area contributed by atoms with Crippen molar-refractivity contribution in [2.24, 2.45) is 0 Å². The van der Waals surface area contributed by atoms with Crippen LogP contribution in [-0.4, -0.2) is 14.8 Å². The molecule has 1 unspecified atom stereocenters. The minimum absolute atomic E-state index is 0.166. The van der Waals surface area contributed by atoms with Crippen molar-refractivity contribution in [3.63, 3.8) is 0 Å². The molecule has 0 aliphatic heterocycles. The van der Waals surface area contributed by atoms with E-state index in [-0.39, 0.29) is 6.04 Å². The van der Waals surface area contributed by atoms with Gasteiger partial charge in [0.15, 0.2) is 5.82 Å². The van der Waals surface area contributed by atoms with Crippen LogP contribution in [0.4, 0.5) is 5.69 Å². The Bertz CT molecular complexity index is 713. The standard InChI is InChI=1S/C16H18N4O/c1-11-9-15(13(3)21-11)12(2)19-14-5-6-16(17-10-14)20-8-4-7-18-20/h4-10,12,19H,1-3H3. The molecule has 0 aliphatic carbocycles. The zero-order valence-electron chi connectivity index (χ0n) is 12.4. The van der Waals surface area contributed by atoms with Crippen LogP contribution in [0.1, 0.15) is 30.0 Å². The minimum Gasteiger partial charge on any atom is -0.466 e. The molecular formula is C16H18N4O. The molecule has 1 N–H and O–H groups in total. The summed E-state index contributed by atoms with van der Waals surface area (Å²) < 4.78 is 7.31. The van der Waals surface area contributed by atoms with Crippen molar-refractivity contribution < 1.29 is 4.42 Å². The van der Waals surface area contributed by atoms with E-state index >= 15 is 0 Å². The summed E-state index contributed by atoms with van der Waals surface area (Å²) in [7, 11) is 0. The van der Waals surface area contributed by atoms with Gasteiger partial charge in [-0.2, -0.15) is 5.10 Å². The molecule has 0 saturated heterocycles. The Morgan fingerprint density at radius 1 is 1.29 bits per heavy atom. The van der Waals surface area contributed by atoms with Crippen LogP contribution in [0.3, 0.4) is 0 Å². The third kappa shape index (κ3) is 2.81. The Labute approximate surface area is 123 Å². The van der Waals surface area contributed by atoms with Crippen molar-refractivity contribution in [3.05, 3.63) is 59.9 Å². The molecule has 0 aliphatic rings. The molecule has 3 aromatic heterocycles. The third-order valence-electron chi connectivity index (χ3n) is 3.42. The Morgan fingerprint density at radius 2 is 2.14 bits per heavy atom. The van der Waals surface area contributed by atoms with E-state index in [0.717, 1.165) is 23.0 Å². The lowest BCUT2D eigenvalue weighted by Crippen LogP contribution is -2.07. The summed E-state index contributed by atoms with van der Waals surface area (Å²) >= 11 is 0. The smallest absolute Gasteiger partial charge is 0.153 e. The van der Waals surface area contributed by atoms with E-state index in [2.05, 4.69) is 28.4 Å². The van der Waals surface area contributed by atoms with Crippen LogP contribution < -0.4 is 5.32 Å². The van der Waals surface area contributed by atoms with Crippen molar-refractivity contribution in [2.45, 2.75) is 26.8 Å². The van der Waals surface area contributed by atoms with Crippen LogP contribution in [-0.2, 0) is 0 Å². The van der Waals surface area contributed by atoms with Crippen LogP contribution in [0, 0.1) is 13.8 Å². The molecule has 3 rings (SSSR count). The highest BCUT2D eigenvalue weighted by molar-refractivity contribution is 5.46. The number of furan rings is 1. The number of aromatic nitrogens is 3. The molecule has 108 valence electrons. The summed E-state index contributed by atoms with van der Waals surface area (Å²) in [6.45, 7) is 6.06. The van der Waals surface area contributed by atoms with Gasteiger partial charge >= 0.3 is 0 Å². The molecule has 0 saturated carbocycles. The van der Waals surface area contributed by atoms with Gasteiger partial charge in [0.05, 0.1) is 17.9 Å². The van der Waals surface area contributed by atoms with Crippen molar-refractivity contribution in [1.82, 2.24) is 14.8 Å². The molecule has 5 nitrogen and oxygen atoms in total. The molecule has 0 amide bonds. The average molecular weight is 282 g/mol. The molecule has 1 atom stereocenters. The highest BCUT2D eigenvalue weighted by atomic mass is 16.3. The predicted octanol–water partition coefficient (Wildman–Crippen LogP) is 3.65. The second kappa shape index (κ2) is 5.44. The summed E-state index contributed by atoms with van der Waals surface area (Å²) in [6.07, 6.45) is 5.42. The molecule has 0 spiro atoms. The topological polar surface area (TPSA) is 55.9 Å². The van der Waals surface area contributed by atoms with E-state index in [9.17, 15) is 0 Å². The third-order valence-corrected chi connectivity index (χ3v) is 3.42. The van der Waals surface area contributed by atoms with Crippen molar-refractivity contribution in [3.8, 4) is 5.82 Å². The number of aryl methyl sites for hydroxylation is 2. The second-order valence-electron chi connectivity index (χ2n) is 5.09. The first kappa shape index (κ1) is 13.4. The Morgan fingerprint density at radius 3 is 2.71 bits per heavy atom. The quantitative estimate of drug-likeness (QED) is 0.793. The summed E-state index contributed by atoms with van der Waals surface area (Å²) in [5, 5.41) is 7.59. The molecule has 0 aromatic carbocycles. The van der Waals surface area contributed by atoms with Crippen LogP contribution in [0.15, 0.2) is 47.3 Å². The summed E-state index contributed by atoms with van der Waals surface area (Å²) in [6, 6.07) is 8.05. The minimum atomic E-state index is 0.166. The summed E-state index contributed by atoms with van der Waals surface area (Å²) in [4.78, 5) is 4.41. The lowest BCUT2D eigenvalue weighted by molar-refractivity contribution is 0.500. The fourth-order valence-corrected chi connectivity index (χ4v) is 2.42.